The summed E-state index contributed by atoms with van der Waals surface area (Å²) in [5.74, 6) is 0.537. The van der Waals surface area contributed by atoms with Crippen molar-refractivity contribution in [3.8, 4) is 0 Å². The van der Waals surface area contributed by atoms with Crippen LogP contribution in [-0.2, 0) is 0 Å². The quantitative estimate of drug-likeness (QED) is 0.859. The van der Waals surface area contributed by atoms with Crippen molar-refractivity contribution in [2.75, 3.05) is 18.8 Å². The molecule has 0 radical (unpaired) electrons. The number of aryl methyl sites for hydroxylation is 1. The molecule has 3 rings (SSSR count). The van der Waals surface area contributed by atoms with Crippen LogP contribution in [0.2, 0.25) is 0 Å². The van der Waals surface area contributed by atoms with E-state index in [2.05, 4.69) is 24.3 Å². The van der Waals surface area contributed by atoms with Gasteiger partial charge in [-0.05, 0) is 36.6 Å². The SMILES string of the molecule is Cc1ccc(N)cc1C(=O)N1CCC(c2ccccc2)C1. The second-order valence-corrected chi connectivity index (χ2v) is 5.72. The average Bonchev–Trinajstić information content (AvgIpc) is 3.00. The Labute approximate surface area is 125 Å². The topological polar surface area (TPSA) is 46.3 Å². The summed E-state index contributed by atoms with van der Waals surface area (Å²) in [4.78, 5) is 14.6. The molecular formula is C18H20N2O. The van der Waals surface area contributed by atoms with Gasteiger partial charge in [0.1, 0.15) is 0 Å². The van der Waals surface area contributed by atoms with Gasteiger partial charge < -0.3 is 10.6 Å². The Morgan fingerprint density at radius 2 is 1.95 bits per heavy atom. The minimum atomic E-state index is 0.0956. The van der Waals surface area contributed by atoms with E-state index >= 15 is 0 Å². The zero-order valence-electron chi connectivity index (χ0n) is 12.3. The first kappa shape index (κ1) is 13.7. The zero-order chi connectivity index (χ0) is 14.8. The summed E-state index contributed by atoms with van der Waals surface area (Å²) in [5.41, 5.74) is 9.48. The van der Waals surface area contributed by atoms with Gasteiger partial charge in [0, 0.05) is 30.3 Å². The van der Waals surface area contributed by atoms with Crippen LogP contribution in [0.25, 0.3) is 0 Å². The number of nitrogen functional groups attached to an aromatic ring is 1. The molecule has 2 aromatic carbocycles. The largest absolute Gasteiger partial charge is 0.399 e. The van der Waals surface area contributed by atoms with Crippen LogP contribution in [0.15, 0.2) is 48.5 Å². The monoisotopic (exact) mass is 280 g/mol. The lowest BCUT2D eigenvalue weighted by atomic mass is 9.99. The van der Waals surface area contributed by atoms with E-state index in [0.717, 1.165) is 30.6 Å². The highest BCUT2D eigenvalue weighted by molar-refractivity contribution is 5.96. The van der Waals surface area contributed by atoms with E-state index in [0.29, 0.717) is 11.6 Å². The zero-order valence-corrected chi connectivity index (χ0v) is 12.3. The minimum absolute atomic E-state index is 0.0956. The predicted octanol–water partition coefficient (Wildman–Crippen LogP) is 3.21. The first-order chi connectivity index (χ1) is 10.1. The number of rotatable bonds is 2. The highest BCUT2D eigenvalue weighted by Crippen LogP contribution is 2.28. The molecule has 1 amide bonds. The number of hydrogen-bond donors (Lipinski definition) is 1. The smallest absolute Gasteiger partial charge is 0.254 e. The van der Waals surface area contributed by atoms with Crippen LogP contribution in [0, 0.1) is 6.92 Å². The average molecular weight is 280 g/mol. The van der Waals surface area contributed by atoms with Crippen LogP contribution in [-0.4, -0.2) is 23.9 Å². The number of carbonyl (C=O) groups is 1. The fraction of sp³-hybridized carbons (Fsp3) is 0.278. The Morgan fingerprint density at radius 1 is 1.19 bits per heavy atom. The van der Waals surface area contributed by atoms with Crippen molar-refractivity contribution in [1.82, 2.24) is 4.90 Å². The van der Waals surface area contributed by atoms with Crippen molar-refractivity contribution in [1.29, 1.82) is 0 Å². The van der Waals surface area contributed by atoms with Crippen molar-refractivity contribution < 1.29 is 4.79 Å². The number of nitrogens with two attached hydrogens (primary N) is 1. The molecule has 0 spiro atoms. The molecule has 1 heterocycles. The lowest BCUT2D eigenvalue weighted by Crippen LogP contribution is -2.29. The fourth-order valence-electron chi connectivity index (χ4n) is 2.98. The van der Waals surface area contributed by atoms with Crippen LogP contribution in [0.3, 0.4) is 0 Å². The lowest BCUT2D eigenvalue weighted by Gasteiger charge is -2.18. The summed E-state index contributed by atoms with van der Waals surface area (Å²) in [6.07, 6.45) is 1.02. The predicted molar refractivity (Wildman–Crippen MR) is 85.3 cm³/mol. The van der Waals surface area contributed by atoms with E-state index in [-0.39, 0.29) is 5.91 Å². The highest BCUT2D eigenvalue weighted by atomic mass is 16.2. The third kappa shape index (κ3) is 2.77. The van der Waals surface area contributed by atoms with Crippen molar-refractivity contribution in [2.45, 2.75) is 19.3 Å². The molecule has 3 nitrogen and oxygen atoms in total. The summed E-state index contributed by atoms with van der Waals surface area (Å²) in [6.45, 7) is 3.56. The second kappa shape index (κ2) is 5.60. The van der Waals surface area contributed by atoms with E-state index in [1.165, 1.54) is 5.56 Å². The number of likely N-dealkylation sites (tertiary alicyclic amines) is 1. The molecule has 2 N–H and O–H groups in total. The number of benzene rings is 2. The van der Waals surface area contributed by atoms with Crippen LogP contribution in [0.1, 0.15) is 33.8 Å². The number of anilines is 1. The number of carbonyl (C=O) groups excluding carboxylic acids is 1. The Hall–Kier alpha value is -2.29. The molecule has 0 bridgehead atoms. The minimum Gasteiger partial charge on any atom is -0.399 e. The third-order valence-electron chi connectivity index (χ3n) is 4.24. The summed E-state index contributed by atoms with van der Waals surface area (Å²) in [7, 11) is 0. The molecule has 0 aliphatic carbocycles. The van der Waals surface area contributed by atoms with Crippen molar-refractivity contribution in [3.05, 3.63) is 65.2 Å². The number of nitrogens with zero attached hydrogens (tertiary/aromatic N) is 1. The van der Waals surface area contributed by atoms with Crippen LogP contribution < -0.4 is 5.73 Å². The maximum atomic E-state index is 12.7. The molecular weight excluding hydrogens is 260 g/mol. The Balaban J connectivity index is 1.77. The summed E-state index contributed by atoms with van der Waals surface area (Å²) < 4.78 is 0. The van der Waals surface area contributed by atoms with Crippen molar-refractivity contribution in [2.24, 2.45) is 0 Å². The number of amides is 1. The molecule has 1 atom stereocenters. The van der Waals surface area contributed by atoms with Gasteiger partial charge in [-0.3, -0.25) is 4.79 Å². The van der Waals surface area contributed by atoms with Gasteiger partial charge in [-0.15, -0.1) is 0 Å². The van der Waals surface area contributed by atoms with Gasteiger partial charge in [0.2, 0.25) is 0 Å². The Morgan fingerprint density at radius 3 is 2.71 bits per heavy atom. The van der Waals surface area contributed by atoms with E-state index < -0.39 is 0 Å². The molecule has 1 unspecified atom stereocenters. The van der Waals surface area contributed by atoms with Crippen molar-refractivity contribution in [3.63, 3.8) is 0 Å². The molecule has 1 fully saturated rings. The molecule has 2 aromatic rings. The van der Waals surface area contributed by atoms with Gasteiger partial charge in [0.15, 0.2) is 0 Å². The standard InChI is InChI=1S/C18H20N2O/c1-13-7-8-16(19)11-17(13)18(21)20-10-9-15(12-20)14-5-3-2-4-6-14/h2-8,11,15H,9-10,12,19H2,1H3. The van der Waals surface area contributed by atoms with E-state index in [1.54, 1.807) is 6.07 Å². The van der Waals surface area contributed by atoms with Gasteiger partial charge >= 0.3 is 0 Å². The van der Waals surface area contributed by atoms with Crippen LogP contribution >= 0.6 is 0 Å². The first-order valence-electron chi connectivity index (χ1n) is 7.35. The molecule has 21 heavy (non-hydrogen) atoms. The van der Waals surface area contributed by atoms with Crippen LogP contribution in [0.4, 0.5) is 5.69 Å². The van der Waals surface area contributed by atoms with E-state index in [9.17, 15) is 4.79 Å². The van der Waals surface area contributed by atoms with Gasteiger partial charge in [-0.25, -0.2) is 0 Å². The molecule has 1 saturated heterocycles. The van der Waals surface area contributed by atoms with Gasteiger partial charge in [0.25, 0.3) is 5.91 Å². The molecule has 0 aromatic heterocycles. The Bertz CT molecular complexity index is 652. The lowest BCUT2D eigenvalue weighted by molar-refractivity contribution is 0.0790. The van der Waals surface area contributed by atoms with Crippen molar-refractivity contribution >= 4 is 11.6 Å². The summed E-state index contributed by atoms with van der Waals surface area (Å²) in [6, 6.07) is 16.0. The number of hydrogen-bond acceptors (Lipinski definition) is 2. The van der Waals surface area contributed by atoms with Crippen LogP contribution in [0.5, 0.6) is 0 Å². The third-order valence-corrected chi connectivity index (χ3v) is 4.24. The van der Waals surface area contributed by atoms with Gasteiger partial charge in [-0.1, -0.05) is 36.4 Å². The maximum Gasteiger partial charge on any atom is 0.254 e. The fourth-order valence-corrected chi connectivity index (χ4v) is 2.98. The molecule has 1 aliphatic rings. The van der Waals surface area contributed by atoms with E-state index in [1.807, 2.05) is 30.0 Å². The highest BCUT2D eigenvalue weighted by Gasteiger charge is 2.28. The van der Waals surface area contributed by atoms with Gasteiger partial charge in [-0.2, -0.15) is 0 Å². The maximum absolute atomic E-state index is 12.7. The second-order valence-electron chi connectivity index (χ2n) is 5.72. The Kier molecular flexibility index (Phi) is 3.65. The summed E-state index contributed by atoms with van der Waals surface area (Å²) >= 11 is 0. The summed E-state index contributed by atoms with van der Waals surface area (Å²) in [5, 5.41) is 0. The normalized spacial score (nSPS) is 18.0. The molecule has 3 heteroatoms. The first-order valence-corrected chi connectivity index (χ1v) is 7.35. The molecule has 108 valence electrons. The van der Waals surface area contributed by atoms with E-state index in [4.69, 9.17) is 5.73 Å². The molecule has 0 saturated carbocycles. The van der Waals surface area contributed by atoms with Gasteiger partial charge in [0.05, 0.1) is 0 Å². The molecule has 1 aliphatic heterocycles.